The van der Waals surface area contributed by atoms with Crippen molar-refractivity contribution >= 4 is 10.0 Å². The molecule has 1 aromatic rings. The lowest BCUT2D eigenvalue weighted by Crippen LogP contribution is -2.36. The van der Waals surface area contributed by atoms with Crippen molar-refractivity contribution in [2.75, 3.05) is 6.54 Å². The summed E-state index contributed by atoms with van der Waals surface area (Å²) in [7, 11) is -3.41. The molecule has 0 atom stereocenters. The molecular formula is C12H21N3O2S. The van der Waals surface area contributed by atoms with Gasteiger partial charge in [-0.1, -0.05) is 13.8 Å². The number of nitrogens with zero attached hydrogens (tertiary/aromatic N) is 2. The fourth-order valence-corrected chi connectivity index (χ4v) is 4.39. The lowest BCUT2D eigenvalue weighted by atomic mass is 10.2. The van der Waals surface area contributed by atoms with Crippen LogP contribution in [0, 0.1) is 19.8 Å². The number of aromatic amines is 1. The number of nitrogens with one attached hydrogen (secondary N) is 1. The van der Waals surface area contributed by atoms with Gasteiger partial charge in [-0.3, -0.25) is 5.10 Å². The molecule has 0 unspecified atom stereocenters. The maximum atomic E-state index is 12.7. The Morgan fingerprint density at radius 1 is 1.39 bits per heavy atom. The van der Waals surface area contributed by atoms with Crippen molar-refractivity contribution < 1.29 is 8.42 Å². The van der Waals surface area contributed by atoms with Gasteiger partial charge in [-0.2, -0.15) is 9.40 Å². The Morgan fingerprint density at radius 2 is 2.00 bits per heavy atom. The molecule has 1 aliphatic rings. The van der Waals surface area contributed by atoms with Gasteiger partial charge in [0.05, 0.1) is 11.4 Å². The first-order chi connectivity index (χ1) is 8.34. The van der Waals surface area contributed by atoms with E-state index >= 15 is 0 Å². The van der Waals surface area contributed by atoms with Gasteiger partial charge in [0, 0.05) is 12.6 Å². The minimum atomic E-state index is -3.41. The Kier molecular flexibility index (Phi) is 3.51. The van der Waals surface area contributed by atoms with Gasteiger partial charge in [0.15, 0.2) is 0 Å². The van der Waals surface area contributed by atoms with E-state index in [0.717, 1.165) is 12.8 Å². The van der Waals surface area contributed by atoms with Crippen molar-refractivity contribution in [1.29, 1.82) is 0 Å². The van der Waals surface area contributed by atoms with E-state index in [-0.39, 0.29) is 6.04 Å². The Balaban J connectivity index is 2.39. The molecule has 0 bridgehead atoms. The first kappa shape index (κ1) is 13.5. The molecule has 18 heavy (non-hydrogen) atoms. The molecule has 0 aliphatic heterocycles. The van der Waals surface area contributed by atoms with Crippen LogP contribution in [0.2, 0.25) is 0 Å². The normalized spacial score (nSPS) is 16.8. The van der Waals surface area contributed by atoms with E-state index < -0.39 is 10.0 Å². The maximum absolute atomic E-state index is 12.7. The van der Waals surface area contributed by atoms with Gasteiger partial charge in [0.25, 0.3) is 0 Å². The van der Waals surface area contributed by atoms with Gasteiger partial charge in [-0.15, -0.1) is 0 Å². The minimum absolute atomic E-state index is 0.186. The molecule has 5 nitrogen and oxygen atoms in total. The van der Waals surface area contributed by atoms with Crippen LogP contribution in [0.15, 0.2) is 4.90 Å². The fourth-order valence-electron chi connectivity index (χ4n) is 2.20. The zero-order valence-corrected chi connectivity index (χ0v) is 12.2. The van der Waals surface area contributed by atoms with Gasteiger partial charge in [-0.05, 0) is 32.6 Å². The topological polar surface area (TPSA) is 66.1 Å². The second-order valence-electron chi connectivity index (χ2n) is 5.46. The molecule has 0 amide bonds. The third-order valence-electron chi connectivity index (χ3n) is 3.13. The summed E-state index contributed by atoms with van der Waals surface area (Å²) < 4.78 is 27.1. The number of sulfonamides is 1. The minimum Gasteiger partial charge on any atom is -0.281 e. The highest BCUT2D eigenvalue weighted by Crippen LogP contribution is 2.34. The molecule has 1 saturated carbocycles. The summed E-state index contributed by atoms with van der Waals surface area (Å²) in [4.78, 5) is 0.357. The van der Waals surface area contributed by atoms with Crippen molar-refractivity contribution in [3.05, 3.63) is 11.4 Å². The van der Waals surface area contributed by atoms with E-state index in [1.807, 2.05) is 13.8 Å². The van der Waals surface area contributed by atoms with Crippen LogP contribution in [0.3, 0.4) is 0 Å². The first-order valence-electron chi connectivity index (χ1n) is 6.37. The molecule has 102 valence electrons. The zero-order chi connectivity index (χ0) is 13.5. The van der Waals surface area contributed by atoms with E-state index in [1.54, 1.807) is 18.2 Å². The number of hydrogen-bond donors (Lipinski definition) is 1. The molecule has 0 spiro atoms. The number of aryl methyl sites for hydroxylation is 2. The highest BCUT2D eigenvalue weighted by Gasteiger charge is 2.40. The quantitative estimate of drug-likeness (QED) is 0.888. The van der Waals surface area contributed by atoms with E-state index in [1.165, 1.54) is 0 Å². The van der Waals surface area contributed by atoms with E-state index in [9.17, 15) is 8.42 Å². The molecule has 1 aliphatic carbocycles. The van der Waals surface area contributed by atoms with Crippen LogP contribution < -0.4 is 0 Å². The monoisotopic (exact) mass is 271 g/mol. The van der Waals surface area contributed by atoms with Crippen molar-refractivity contribution in [3.63, 3.8) is 0 Å². The first-order valence-corrected chi connectivity index (χ1v) is 7.81. The van der Waals surface area contributed by atoms with Crippen molar-refractivity contribution in [1.82, 2.24) is 14.5 Å². The van der Waals surface area contributed by atoms with E-state index in [0.29, 0.717) is 28.7 Å². The highest BCUT2D eigenvalue weighted by molar-refractivity contribution is 7.89. The largest absolute Gasteiger partial charge is 0.281 e. The average Bonchev–Trinajstić information content (AvgIpc) is 3.01. The molecule has 0 aromatic carbocycles. The Bertz CT molecular complexity index is 510. The fraction of sp³-hybridized carbons (Fsp3) is 0.750. The summed E-state index contributed by atoms with van der Waals surface area (Å²) in [6.07, 6.45) is 1.95. The predicted octanol–water partition coefficient (Wildman–Crippen LogP) is 1.84. The number of rotatable bonds is 5. The molecule has 6 heteroatoms. The van der Waals surface area contributed by atoms with E-state index in [4.69, 9.17) is 0 Å². The number of H-pyrrole nitrogens is 1. The lowest BCUT2D eigenvalue weighted by molar-refractivity contribution is 0.359. The molecule has 1 heterocycles. The lowest BCUT2D eigenvalue weighted by Gasteiger charge is -2.23. The van der Waals surface area contributed by atoms with Crippen molar-refractivity contribution in [3.8, 4) is 0 Å². The predicted molar refractivity (Wildman–Crippen MR) is 69.8 cm³/mol. The van der Waals surface area contributed by atoms with Gasteiger partial charge >= 0.3 is 0 Å². The maximum Gasteiger partial charge on any atom is 0.246 e. The summed E-state index contributed by atoms with van der Waals surface area (Å²) in [5.41, 5.74) is 1.18. The number of hydrogen-bond acceptors (Lipinski definition) is 3. The van der Waals surface area contributed by atoms with Crippen LogP contribution in [0.1, 0.15) is 38.1 Å². The number of aromatic nitrogens is 2. The van der Waals surface area contributed by atoms with Crippen LogP contribution in [-0.4, -0.2) is 35.5 Å². The van der Waals surface area contributed by atoms with Crippen LogP contribution in [0.25, 0.3) is 0 Å². The summed E-state index contributed by atoms with van der Waals surface area (Å²) in [5, 5.41) is 6.75. The molecule has 0 radical (unpaired) electrons. The van der Waals surface area contributed by atoms with Crippen molar-refractivity contribution in [2.45, 2.75) is 51.5 Å². The summed E-state index contributed by atoms with van der Waals surface area (Å²) in [6, 6.07) is 0.186. The molecular weight excluding hydrogens is 250 g/mol. The smallest absolute Gasteiger partial charge is 0.246 e. The van der Waals surface area contributed by atoms with Crippen LogP contribution in [-0.2, 0) is 10.0 Å². The Morgan fingerprint density at radius 3 is 2.39 bits per heavy atom. The van der Waals surface area contributed by atoms with Gasteiger partial charge in [0.2, 0.25) is 10.0 Å². The summed E-state index contributed by atoms with van der Waals surface area (Å²) in [6.45, 7) is 8.15. The summed E-state index contributed by atoms with van der Waals surface area (Å²) >= 11 is 0. The molecule has 1 aromatic heterocycles. The van der Waals surface area contributed by atoms with Gasteiger partial charge in [0.1, 0.15) is 4.90 Å². The SMILES string of the molecule is Cc1n[nH]c(C)c1S(=O)(=O)N(CC(C)C)C1CC1. The summed E-state index contributed by atoms with van der Waals surface area (Å²) in [5.74, 6) is 0.327. The Hall–Kier alpha value is -0.880. The van der Waals surface area contributed by atoms with Gasteiger partial charge < -0.3 is 0 Å². The van der Waals surface area contributed by atoms with Crippen molar-refractivity contribution in [2.24, 2.45) is 5.92 Å². The Labute approximate surface area is 109 Å². The standard InChI is InChI=1S/C12H21N3O2S/c1-8(2)7-15(11-5-6-11)18(16,17)12-9(3)13-14-10(12)4/h8,11H,5-7H2,1-4H3,(H,13,14). The van der Waals surface area contributed by atoms with Crippen LogP contribution in [0.5, 0.6) is 0 Å². The highest BCUT2D eigenvalue weighted by atomic mass is 32.2. The van der Waals surface area contributed by atoms with Crippen LogP contribution in [0.4, 0.5) is 0 Å². The van der Waals surface area contributed by atoms with Crippen LogP contribution >= 0.6 is 0 Å². The molecule has 0 saturated heterocycles. The average molecular weight is 271 g/mol. The zero-order valence-electron chi connectivity index (χ0n) is 11.4. The van der Waals surface area contributed by atoms with Gasteiger partial charge in [-0.25, -0.2) is 8.42 Å². The molecule has 1 fully saturated rings. The van der Waals surface area contributed by atoms with E-state index in [2.05, 4.69) is 10.2 Å². The third-order valence-corrected chi connectivity index (χ3v) is 5.31. The third kappa shape index (κ3) is 2.44. The molecule has 1 N–H and O–H groups in total. The molecule has 2 rings (SSSR count). The second kappa shape index (κ2) is 4.66. The second-order valence-corrected chi connectivity index (χ2v) is 7.29.